The fourth-order valence-electron chi connectivity index (χ4n) is 5.49. The van der Waals surface area contributed by atoms with Gasteiger partial charge >= 0.3 is 0 Å². The zero-order valence-electron chi connectivity index (χ0n) is 21.6. The summed E-state index contributed by atoms with van der Waals surface area (Å²) in [7, 11) is 0. The zero-order valence-corrected chi connectivity index (χ0v) is 21.6. The number of nitrogens with one attached hydrogen (secondary N) is 3. The molecule has 2 aromatic carbocycles. The van der Waals surface area contributed by atoms with E-state index in [1.54, 1.807) is 6.07 Å². The molecule has 0 aliphatic carbocycles. The summed E-state index contributed by atoms with van der Waals surface area (Å²) < 4.78 is 0. The van der Waals surface area contributed by atoms with Gasteiger partial charge in [0.1, 0.15) is 0 Å². The zero-order chi connectivity index (χ0) is 25.1. The second-order valence-electron chi connectivity index (χ2n) is 11.2. The highest BCUT2D eigenvalue weighted by atomic mass is 16.2. The molecule has 35 heavy (non-hydrogen) atoms. The molecular formula is C29H40N4O2. The van der Waals surface area contributed by atoms with E-state index in [4.69, 9.17) is 0 Å². The van der Waals surface area contributed by atoms with Gasteiger partial charge in [-0.05, 0) is 79.5 Å². The maximum Gasteiger partial charge on any atom is 0.251 e. The van der Waals surface area contributed by atoms with E-state index < -0.39 is 0 Å². The van der Waals surface area contributed by atoms with Crippen LogP contribution in [-0.4, -0.2) is 50.1 Å². The largest absolute Gasteiger partial charge is 0.372 e. The third-order valence-corrected chi connectivity index (χ3v) is 7.62. The van der Waals surface area contributed by atoms with Crippen LogP contribution in [-0.2, 0) is 10.2 Å². The Balaban J connectivity index is 1.34. The number of hydrogen-bond acceptors (Lipinski definition) is 4. The molecule has 6 nitrogen and oxygen atoms in total. The Kier molecular flexibility index (Phi) is 7.50. The summed E-state index contributed by atoms with van der Waals surface area (Å²) >= 11 is 0. The van der Waals surface area contributed by atoms with Gasteiger partial charge in [0.2, 0.25) is 5.91 Å². The van der Waals surface area contributed by atoms with Crippen LogP contribution < -0.4 is 20.9 Å². The van der Waals surface area contributed by atoms with Crippen LogP contribution in [0.1, 0.15) is 61.5 Å². The van der Waals surface area contributed by atoms with Crippen LogP contribution in [0.2, 0.25) is 0 Å². The molecule has 0 radical (unpaired) electrons. The van der Waals surface area contributed by atoms with Crippen molar-refractivity contribution in [3.63, 3.8) is 0 Å². The van der Waals surface area contributed by atoms with Crippen molar-refractivity contribution in [1.82, 2.24) is 16.0 Å². The molecule has 0 aromatic heterocycles. The summed E-state index contributed by atoms with van der Waals surface area (Å²) in [6, 6.07) is 16.3. The van der Waals surface area contributed by atoms with E-state index in [1.807, 2.05) is 18.2 Å². The van der Waals surface area contributed by atoms with Crippen LogP contribution in [0.3, 0.4) is 0 Å². The number of carbonyl (C=O) groups is 2. The van der Waals surface area contributed by atoms with Gasteiger partial charge in [0.05, 0.1) is 12.1 Å². The minimum Gasteiger partial charge on any atom is -0.372 e. The second kappa shape index (κ2) is 10.4. The summed E-state index contributed by atoms with van der Waals surface area (Å²) in [5.74, 6) is 0.0909. The lowest BCUT2D eigenvalue weighted by atomic mass is 9.76. The van der Waals surface area contributed by atoms with Crippen molar-refractivity contribution < 1.29 is 9.59 Å². The molecule has 4 rings (SSSR count). The SMILES string of the molecule is Cc1cccc(N2CCC([C@]3(NC(=O)CNC(=O)c4cccc(C(C)(C)C)c4)CCNC3)CC2)c1. The Bertz CT molecular complexity index is 1040. The van der Waals surface area contributed by atoms with Crippen LogP contribution in [0.15, 0.2) is 48.5 Å². The molecule has 2 aliphatic heterocycles. The van der Waals surface area contributed by atoms with Gasteiger partial charge < -0.3 is 20.9 Å². The van der Waals surface area contributed by atoms with E-state index in [0.717, 1.165) is 51.0 Å². The standard InChI is InChI=1S/C29H40N4O2/c1-21-7-5-10-25(17-21)33-15-11-23(12-16-33)29(13-14-30-20-29)32-26(34)19-31-27(35)22-8-6-9-24(18-22)28(2,3)4/h5-10,17-18,23,30H,11-16,19-20H2,1-4H3,(H,31,35)(H,32,34)/t29-/m0/s1. The number of hydrogen-bond donors (Lipinski definition) is 3. The van der Waals surface area contributed by atoms with Gasteiger partial charge in [-0.1, -0.05) is 45.0 Å². The number of anilines is 1. The first kappa shape index (κ1) is 25.2. The molecule has 188 valence electrons. The van der Waals surface area contributed by atoms with Gasteiger partial charge in [0, 0.05) is 30.9 Å². The van der Waals surface area contributed by atoms with Gasteiger partial charge in [-0.2, -0.15) is 0 Å². The smallest absolute Gasteiger partial charge is 0.251 e. The molecule has 6 heteroatoms. The average Bonchev–Trinajstić information content (AvgIpc) is 3.32. The van der Waals surface area contributed by atoms with Crippen molar-refractivity contribution >= 4 is 17.5 Å². The van der Waals surface area contributed by atoms with E-state index in [9.17, 15) is 9.59 Å². The van der Waals surface area contributed by atoms with Crippen LogP contribution in [0.25, 0.3) is 0 Å². The number of nitrogens with zero attached hydrogens (tertiary/aromatic N) is 1. The van der Waals surface area contributed by atoms with Crippen molar-refractivity contribution in [2.75, 3.05) is 37.6 Å². The minimum atomic E-state index is -0.243. The number of carbonyl (C=O) groups excluding carboxylic acids is 2. The normalized spacial score (nSPS) is 21.1. The monoisotopic (exact) mass is 476 g/mol. The molecule has 2 aromatic rings. The first-order valence-corrected chi connectivity index (χ1v) is 12.9. The molecule has 3 N–H and O–H groups in total. The highest BCUT2D eigenvalue weighted by Crippen LogP contribution is 2.34. The van der Waals surface area contributed by atoms with Crippen LogP contribution >= 0.6 is 0 Å². The van der Waals surface area contributed by atoms with Crippen molar-refractivity contribution in [3.8, 4) is 0 Å². The van der Waals surface area contributed by atoms with E-state index in [0.29, 0.717) is 11.5 Å². The van der Waals surface area contributed by atoms with Gasteiger partial charge in [0.25, 0.3) is 5.91 Å². The molecule has 1 atom stereocenters. The second-order valence-corrected chi connectivity index (χ2v) is 11.2. The maximum absolute atomic E-state index is 13.0. The van der Waals surface area contributed by atoms with E-state index in [1.165, 1.54) is 11.3 Å². The van der Waals surface area contributed by atoms with Gasteiger partial charge in [0.15, 0.2) is 0 Å². The molecule has 2 heterocycles. The number of rotatable bonds is 6. The Morgan fingerprint density at radius 1 is 1.09 bits per heavy atom. The minimum absolute atomic E-state index is 0.0114. The summed E-state index contributed by atoms with van der Waals surface area (Å²) in [4.78, 5) is 28.2. The summed E-state index contributed by atoms with van der Waals surface area (Å²) in [5.41, 5.74) is 3.97. The quantitative estimate of drug-likeness (QED) is 0.593. The molecule has 0 bridgehead atoms. The Morgan fingerprint density at radius 3 is 2.49 bits per heavy atom. The molecule has 2 aliphatic rings. The summed E-state index contributed by atoms with van der Waals surface area (Å²) in [5, 5.41) is 9.62. The van der Waals surface area contributed by atoms with Crippen molar-refractivity contribution in [1.29, 1.82) is 0 Å². The van der Waals surface area contributed by atoms with Crippen molar-refractivity contribution in [3.05, 3.63) is 65.2 Å². The van der Waals surface area contributed by atoms with E-state index in [2.05, 4.69) is 72.8 Å². The van der Waals surface area contributed by atoms with Crippen molar-refractivity contribution in [2.24, 2.45) is 5.92 Å². The summed E-state index contributed by atoms with van der Waals surface area (Å²) in [6.45, 7) is 12.2. The lowest BCUT2D eigenvalue weighted by Gasteiger charge is -2.43. The van der Waals surface area contributed by atoms with Gasteiger partial charge in [-0.25, -0.2) is 0 Å². The Hall–Kier alpha value is -2.86. The lowest BCUT2D eigenvalue weighted by molar-refractivity contribution is -0.122. The maximum atomic E-state index is 13.0. The topological polar surface area (TPSA) is 73.5 Å². The highest BCUT2D eigenvalue weighted by Gasteiger charge is 2.43. The average molecular weight is 477 g/mol. The first-order chi connectivity index (χ1) is 16.7. The first-order valence-electron chi connectivity index (χ1n) is 12.9. The molecule has 0 saturated carbocycles. The molecule has 2 fully saturated rings. The fourth-order valence-corrected chi connectivity index (χ4v) is 5.49. The predicted octanol–water partition coefficient (Wildman–Crippen LogP) is 3.79. The van der Waals surface area contributed by atoms with Crippen LogP contribution in [0, 0.1) is 12.8 Å². The van der Waals surface area contributed by atoms with Gasteiger partial charge in [-0.15, -0.1) is 0 Å². The van der Waals surface area contributed by atoms with E-state index >= 15 is 0 Å². The van der Waals surface area contributed by atoms with Crippen molar-refractivity contribution in [2.45, 2.75) is 57.9 Å². The Morgan fingerprint density at radius 2 is 1.83 bits per heavy atom. The lowest BCUT2D eigenvalue weighted by Crippen LogP contribution is -2.59. The Labute approximate surface area is 209 Å². The fraction of sp³-hybridized carbons (Fsp3) is 0.517. The number of benzene rings is 2. The van der Waals surface area contributed by atoms with Gasteiger partial charge in [-0.3, -0.25) is 9.59 Å². The molecule has 2 amide bonds. The molecule has 0 spiro atoms. The third kappa shape index (κ3) is 6.04. The highest BCUT2D eigenvalue weighted by molar-refractivity contribution is 5.96. The molecular weight excluding hydrogens is 436 g/mol. The number of aryl methyl sites for hydroxylation is 1. The van der Waals surface area contributed by atoms with E-state index in [-0.39, 0.29) is 29.3 Å². The molecule has 0 unspecified atom stereocenters. The number of amides is 2. The van der Waals surface area contributed by atoms with Crippen LogP contribution in [0.4, 0.5) is 5.69 Å². The van der Waals surface area contributed by atoms with Crippen LogP contribution in [0.5, 0.6) is 0 Å². The molecule has 2 saturated heterocycles. The third-order valence-electron chi connectivity index (χ3n) is 7.62. The summed E-state index contributed by atoms with van der Waals surface area (Å²) in [6.07, 6.45) is 3.01. The predicted molar refractivity (Wildman–Crippen MR) is 142 cm³/mol. The number of piperidine rings is 1.